The van der Waals surface area contributed by atoms with Gasteiger partial charge in [0, 0.05) is 32.2 Å². The van der Waals surface area contributed by atoms with E-state index >= 15 is 0 Å². The zero-order valence-electron chi connectivity index (χ0n) is 13.7. The summed E-state index contributed by atoms with van der Waals surface area (Å²) in [6.45, 7) is 8.48. The molecule has 0 aliphatic heterocycles. The SMILES string of the molecule is COCCN(c1cnc(C(C)C)nc1CN)C(C)C1CC1. The lowest BCUT2D eigenvalue weighted by Gasteiger charge is -2.32. The average Bonchev–Trinajstić information content (AvgIpc) is 3.31. The summed E-state index contributed by atoms with van der Waals surface area (Å²) >= 11 is 0. The highest BCUT2D eigenvalue weighted by atomic mass is 16.5. The van der Waals surface area contributed by atoms with Crippen molar-refractivity contribution in [1.29, 1.82) is 0 Å². The molecule has 1 aromatic heterocycles. The maximum absolute atomic E-state index is 5.93. The molecule has 1 saturated carbocycles. The third kappa shape index (κ3) is 3.92. The van der Waals surface area contributed by atoms with Crippen molar-refractivity contribution in [3.05, 3.63) is 17.7 Å². The molecule has 0 bridgehead atoms. The molecule has 2 rings (SSSR count). The van der Waals surface area contributed by atoms with Crippen molar-refractivity contribution in [2.24, 2.45) is 11.7 Å². The zero-order valence-corrected chi connectivity index (χ0v) is 13.7. The molecule has 1 fully saturated rings. The summed E-state index contributed by atoms with van der Waals surface area (Å²) < 4.78 is 5.27. The van der Waals surface area contributed by atoms with Crippen LogP contribution in [-0.4, -0.2) is 36.3 Å². The number of rotatable bonds is 8. The minimum Gasteiger partial charge on any atom is -0.383 e. The fourth-order valence-electron chi connectivity index (χ4n) is 2.66. The minimum absolute atomic E-state index is 0.317. The molecular formula is C16H28N4O. The first-order valence-corrected chi connectivity index (χ1v) is 7.90. The lowest BCUT2D eigenvalue weighted by atomic mass is 10.1. The van der Waals surface area contributed by atoms with Crippen LogP contribution in [0.2, 0.25) is 0 Å². The molecule has 0 saturated heterocycles. The lowest BCUT2D eigenvalue weighted by Crippen LogP contribution is -2.38. The Hall–Kier alpha value is -1.20. The molecule has 1 aliphatic rings. The van der Waals surface area contributed by atoms with E-state index in [1.165, 1.54) is 12.8 Å². The monoisotopic (exact) mass is 292 g/mol. The highest BCUT2D eigenvalue weighted by Crippen LogP contribution is 2.37. The van der Waals surface area contributed by atoms with Crippen LogP contribution in [0.5, 0.6) is 0 Å². The van der Waals surface area contributed by atoms with Crippen molar-refractivity contribution >= 4 is 5.69 Å². The van der Waals surface area contributed by atoms with E-state index in [1.54, 1.807) is 7.11 Å². The first-order chi connectivity index (χ1) is 10.1. The Morgan fingerprint density at radius 3 is 2.62 bits per heavy atom. The van der Waals surface area contributed by atoms with Gasteiger partial charge in [-0.1, -0.05) is 13.8 Å². The largest absolute Gasteiger partial charge is 0.383 e. The maximum Gasteiger partial charge on any atom is 0.131 e. The molecule has 118 valence electrons. The van der Waals surface area contributed by atoms with Crippen LogP contribution in [0.1, 0.15) is 51.0 Å². The van der Waals surface area contributed by atoms with Gasteiger partial charge in [0.05, 0.1) is 24.2 Å². The Morgan fingerprint density at radius 2 is 2.10 bits per heavy atom. The third-order valence-corrected chi connectivity index (χ3v) is 4.22. The smallest absolute Gasteiger partial charge is 0.131 e. The van der Waals surface area contributed by atoms with E-state index in [-0.39, 0.29) is 0 Å². The Morgan fingerprint density at radius 1 is 1.38 bits per heavy atom. The summed E-state index contributed by atoms with van der Waals surface area (Å²) in [7, 11) is 1.74. The molecule has 1 atom stereocenters. The lowest BCUT2D eigenvalue weighted by molar-refractivity contribution is 0.202. The van der Waals surface area contributed by atoms with Crippen molar-refractivity contribution < 1.29 is 4.74 Å². The Balaban J connectivity index is 2.28. The van der Waals surface area contributed by atoms with Crippen LogP contribution in [0.25, 0.3) is 0 Å². The number of nitrogens with two attached hydrogens (primary N) is 1. The van der Waals surface area contributed by atoms with E-state index < -0.39 is 0 Å². The van der Waals surface area contributed by atoms with Crippen molar-refractivity contribution in [3.8, 4) is 0 Å². The number of ether oxygens (including phenoxy) is 1. The second-order valence-electron chi connectivity index (χ2n) is 6.18. The van der Waals surface area contributed by atoms with Crippen molar-refractivity contribution in [2.75, 3.05) is 25.2 Å². The van der Waals surface area contributed by atoms with Crippen LogP contribution in [0, 0.1) is 5.92 Å². The molecule has 21 heavy (non-hydrogen) atoms. The Kier molecular flexibility index (Phi) is 5.53. The number of nitrogens with zero attached hydrogens (tertiary/aromatic N) is 3. The fraction of sp³-hybridized carbons (Fsp3) is 0.750. The number of anilines is 1. The number of aromatic nitrogens is 2. The first kappa shape index (κ1) is 16.2. The van der Waals surface area contributed by atoms with Crippen LogP contribution < -0.4 is 10.6 Å². The van der Waals surface area contributed by atoms with Gasteiger partial charge in [0.15, 0.2) is 0 Å². The molecule has 2 N–H and O–H groups in total. The van der Waals surface area contributed by atoms with E-state index in [0.29, 0.717) is 25.1 Å². The molecule has 5 heteroatoms. The zero-order chi connectivity index (χ0) is 15.4. The van der Waals surface area contributed by atoms with E-state index in [2.05, 4.69) is 35.6 Å². The highest BCUT2D eigenvalue weighted by molar-refractivity contribution is 5.50. The van der Waals surface area contributed by atoms with Crippen molar-refractivity contribution in [3.63, 3.8) is 0 Å². The predicted octanol–water partition coefficient (Wildman–Crippen LogP) is 2.31. The molecule has 0 aromatic carbocycles. The number of hydrogen-bond donors (Lipinski definition) is 1. The fourth-order valence-corrected chi connectivity index (χ4v) is 2.66. The molecular weight excluding hydrogens is 264 g/mol. The van der Waals surface area contributed by atoms with E-state index in [9.17, 15) is 0 Å². The van der Waals surface area contributed by atoms with Gasteiger partial charge in [-0.3, -0.25) is 0 Å². The van der Waals surface area contributed by atoms with Crippen molar-refractivity contribution in [2.45, 2.75) is 52.1 Å². The predicted molar refractivity (Wildman–Crippen MR) is 85.4 cm³/mol. The molecule has 1 aromatic rings. The van der Waals surface area contributed by atoms with E-state index in [0.717, 1.165) is 29.7 Å². The van der Waals surface area contributed by atoms with E-state index in [4.69, 9.17) is 10.5 Å². The average molecular weight is 292 g/mol. The van der Waals surface area contributed by atoms with Crippen LogP contribution in [0.15, 0.2) is 6.20 Å². The van der Waals surface area contributed by atoms with Crippen LogP contribution >= 0.6 is 0 Å². The quantitative estimate of drug-likeness (QED) is 0.796. The molecule has 1 aliphatic carbocycles. The van der Waals surface area contributed by atoms with Crippen LogP contribution in [-0.2, 0) is 11.3 Å². The second kappa shape index (κ2) is 7.18. The molecule has 0 spiro atoms. The summed E-state index contributed by atoms with van der Waals surface area (Å²) in [6, 6.07) is 0.485. The van der Waals surface area contributed by atoms with Gasteiger partial charge in [0.2, 0.25) is 0 Å². The summed E-state index contributed by atoms with van der Waals surface area (Å²) in [5, 5.41) is 0. The summed E-state index contributed by atoms with van der Waals surface area (Å²) in [4.78, 5) is 11.6. The first-order valence-electron chi connectivity index (χ1n) is 7.90. The number of methoxy groups -OCH3 is 1. The van der Waals surface area contributed by atoms with Gasteiger partial charge in [-0.15, -0.1) is 0 Å². The second-order valence-corrected chi connectivity index (χ2v) is 6.18. The summed E-state index contributed by atoms with van der Waals surface area (Å²) in [5.74, 6) is 1.96. The number of hydrogen-bond acceptors (Lipinski definition) is 5. The maximum atomic E-state index is 5.93. The standard InChI is InChI=1S/C16H28N4O/c1-11(2)16-18-10-15(14(9-17)19-16)20(7-8-21-4)12(3)13-5-6-13/h10-13H,5-9,17H2,1-4H3. The topological polar surface area (TPSA) is 64.3 Å². The molecule has 5 nitrogen and oxygen atoms in total. The van der Waals surface area contributed by atoms with Gasteiger partial charge in [0.1, 0.15) is 5.82 Å². The van der Waals surface area contributed by atoms with Crippen LogP contribution in [0.4, 0.5) is 5.69 Å². The van der Waals surface area contributed by atoms with E-state index in [1.807, 2.05) is 6.20 Å². The van der Waals surface area contributed by atoms with Gasteiger partial charge in [-0.2, -0.15) is 0 Å². The molecule has 1 heterocycles. The van der Waals surface area contributed by atoms with Gasteiger partial charge >= 0.3 is 0 Å². The van der Waals surface area contributed by atoms with Gasteiger partial charge in [-0.25, -0.2) is 9.97 Å². The van der Waals surface area contributed by atoms with Crippen LogP contribution in [0.3, 0.4) is 0 Å². The highest BCUT2D eigenvalue weighted by Gasteiger charge is 2.33. The third-order valence-electron chi connectivity index (χ3n) is 4.22. The Bertz CT molecular complexity index is 460. The van der Waals surface area contributed by atoms with Gasteiger partial charge < -0.3 is 15.4 Å². The van der Waals surface area contributed by atoms with Gasteiger partial charge in [-0.05, 0) is 25.7 Å². The molecule has 0 amide bonds. The molecule has 1 unspecified atom stereocenters. The van der Waals surface area contributed by atoms with Crippen molar-refractivity contribution in [1.82, 2.24) is 9.97 Å². The summed E-state index contributed by atoms with van der Waals surface area (Å²) in [5.41, 5.74) is 7.94. The minimum atomic E-state index is 0.317. The van der Waals surface area contributed by atoms with Gasteiger partial charge in [0.25, 0.3) is 0 Å². The molecule has 0 radical (unpaired) electrons. The Labute approximate surface area is 127 Å². The normalized spacial score (nSPS) is 16.3. The summed E-state index contributed by atoms with van der Waals surface area (Å²) in [6.07, 6.45) is 4.57.